The van der Waals surface area contributed by atoms with Gasteiger partial charge in [-0.1, -0.05) is 0 Å². The van der Waals surface area contributed by atoms with Crippen LogP contribution >= 0.6 is 12.4 Å². The van der Waals surface area contributed by atoms with Gasteiger partial charge in [0.25, 0.3) is 0 Å². The van der Waals surface area contributed by atoms with E-state index < -0.39 is 0 Å². The molecule has 2 heterocycles. The van der Waals surface area contributed by atoms with Crippen LogP contribution in [0.15, 0.2) is 24.4 Å². The predicted octanol–water partition coefficient (Wildman–Crippen LogP) is 1.79. The van der Waals surface area contributed by atoms with Crippen molar-refractivity contribution in [1.29, 1.82) is 0 Å². The number of carbonyl (C=O) groups excluding carboxylic acids is 1. The third-order valence-electron chi connectivity index (χ3n) is 3.66. The number of amides is 1. The molecular formula is C15H21ClN4O2. The average Bonchev–Trinajstić information content (AvgIpc) is 2.90. The van der Waals surface area contributed by atoms with Gasteiger partial charge in [0.1, 0.15) is 0 Å². The molecule has 120 valence electrons. The fourth-order valence-corrected chi connectivity index (χ4v) is 2.59. The van der Waals surface area contributed by atoms with Crippen LogP contribution in [-0.2, 0) is 16.1 Å². The monoisotopic (exact) mass is 324 g/mol. The summed E-state index contributed by atoms with van der Waals surface area (Å²) in [6.45, 7) is 4.97. The summed E-state index contributed by atoms with van der Waals surface area (Å²) >= 11 is 0. The minimum absolute atomic E-state index is 0. The highest BCUT2D eigenvalue weighted by molar-refractivity contribution is 5.93. The van der Waals surface area contributed by atoms with Crippen LogP contribution in [-0.4, -0.2) is 41.5 Å². The quantitative estimate of drug-likeness (QED) is 0.900. The lowest BCUT2D eigenvalue weighted by Gasteiger charge is -2.23. The number of halogens is 1. The van der Waals surface area contributed by atoms with Gasteiger partial charge in [-0.2, -0.15) is 5.10 Å². The van der Waals surface area contributed by atoms with Crippen molar-refractivity contribution in [3.05, 3.63) is 24.4 Å². The molecule has 6 nitrogen and oxygen atoms in total. The van der Waals surface area contributed by atoms with Gasteiger partial charge < -0.3 is 15.4 Å². The molecule has 1 unspecified atom stereocenters. The maximum atomic E-state index is 12.1. The third-order valence-corrected chi connectivity index (χ3v) is 3.66. The number of carbonyl (C=O) groups is 1. The molecule has 0 saturated carbocycles. The van der Waals surface area contributed by atoms with E-state index in [0.717, 1.165) is 36.3 Å². The Labute approximate surface area is 135 Å². The molecule has 1 aromatic carbocycles. The average molecular weight is 325 g/mol. The number of aromatic nitrogens is 2. The van der Waals surface area contributed by atoms with Crippen LogP contribution in [0.1, 0.15) is 13.3 Å². The Bertz CT molecular complexity index is 638. The van der Waals surface area contributed by atoms with Gasteiger partial charge in [-0.25, -0.2) is 0 Å². The van der Waals surface area contributed by atoms with Gasteiger partial charge in [0.05, 0.1) is 24.9 Å². The number of hydrogen-bond acceptors (Lipinski definition) is 4. The summed E-state index contributed by atoms with van der Waals surface area (Å²) in [5.74, 6) is -0.0000798. The zero-order valence-electron chi connectivity index (χ0n) is 12.5. The Kier molecular flexibility index (Phi) is 5.76. The van der Waals surface area contributed by atoms with Crippen molar-refractivity contribution in [2.75, 3.05) is 25.1 Å². The Morgan fingerprint density at radius 2 is 2.41 bits per heavy atom. The lowest BCUT2D eigenvalue weighted by molar-refractivity contribution is -0.117. The van der Waals surface area contributed by atoms with Crippen molar-refractivity contribution in [1.82, 2.24) is 15.1 Å². The second kappa shape index (κ2) is 7.58. The lowest BCUT2D eigenvalue weighted by Crippen LogP contribution is -2.43. The van der Waals surface area contributed by atoms with Crippen molar-refractivity contribution in [3.63, 3.8) is 0 Å². The van der Waals surface area contributed by atoms with Crippen molar-refractivity contribution < 1.29 is 9.53 Å². The molecule has 1 aliphatic rings. The zero-order valence-corrected chi connectivity index (χ0v) is 13.4. The van der Waals surface area contributed by atoms with Gasteiger partial charge in [-0.15, -0.1) is 12.4 Å². The Balaban J connectivity index is 0.00000176. The van der Waals surface area contributed by atoms with E-state index >= 15 is 0 Å². The second-order valence-electron chi connectivity index (χ2n) is 5.21. The van der Waals surface area contributed by atoms with E-state index in [0.29, 0.717) is 13.0 Å². The molecule has 1 aliphatic heterocycles. The molecule has 2 N–H and O–H groups in total. The molecule has 1 saturated heterocycles. The van der Waals surface area contributed by atoms with Crippen LogP contribution in [0, 0.1) is 0 Å². The van der Waals surface area contributed by atoms with Gasteiger partial charge in [-0.05, 0) is 25.1 Å². The summed E-state index contributed by atoms with van der Waals surface area (Å²) in [7, 11) is 0. The number of nitrogens with one attached hydrogen (secondary N) is 2. The van der Waals surface area contributed by atoms with Crippen LogP contribution in [0.2, 0.25) is 0 Å². The minimum atomic E-state index is -0.0000798. The standard InChI is InChI=1S/C15H20N4O2.ClH/c1-2-19-14-7-12(4-3-11(14)9-17-19)18-15(20)8-13-10-21-6-5-16-13;/h3-4,7,9,13,16H,2,5-6,8,10H2,1H3,(H,18,20);1H. The Morgan fingerprint density at radius 3 is 3.14 bits per heavy atom. The van der Waals surface area contributed by atoms with Crippen LogP contribution < -0.4 is 10.6 Å². The summed E-state index contributed by atoms with van der Waals surface area (Å²) in [6.07, 6.45) is 2.26. The molecule has 1 fully saturated rings. The van der Waals surface area contributed by atoms with Crippen molar-refractivity contribution in [2.24, 2.45) is 0 Å². The molecule has 3 rings (SSSR count). The first kappa shape index (κ1) is 16.7. The highest BCUT2D eigenvalue weighted by atomic mass is 35.5. The maximum Gasteiger partial charge on any atom is 0.226 e. The van der Waals surface area contributed by atoms with Crippen LogP contribution in [0.3, 0.4) is 0 Å². The van der Waals surface area contributed by atoms with Gasteiger partial charge in [0.2, 0.25) is 5.91 Å². The van der Waals surface area contributed by atoms with E-state index in [1.807, 2.05) is 36.0 Å². The van der Waals surface area contributed by atoms with E-state index in [4.69, 9.17) is 4.74 Å². The number of fused-ring (bicyclic) bond motifs is 1. The summed E-state index contributed by atoms with van der Waals surface area (Å²) in [5.41, 5.74) is 1.84. The first-order valence-electron chi connectivity index (χ1n) is 7.33. The van der Waals surface area contributed by atoms with Crippen LogP contribution in [0.25, 0.3) is 10.9 Å². The topological polar surface area (TPSA) is 68.2 Å². The predicted molar refractivity (Wildman–Crippen MR) is 88.5 cm³/mol. The highest BCUT2D eigenvalue weighted by Gasteiger charge is 2.17. The second-order valence-corrected chi connectivity index (χ2v) is 5.21. The Morgan fingerprint density at radius 1 is 1.55 bits per heavy atom. The first-order valence-corrected chi connectivity index (χ1v) is 7.33. The SMILES string of the molecule is CCn1ncc2ccc(NC(=O)CC3COCCN3)cc21.Cl. The maximum absolute atomic E-state index is 12.1. The number of ether oxygens (including phenoxy) is 1. The van der Waals surface area contributed by atoms with Crippen molar-refractivity contribution in [3.8, 4) is 0 Å². The minimum Gasteiger partial charge on any atom is -0.378 e. The number of anilines is 1. The molecule has 2 aromatic rings. The summed E-state index contributed by atoms with van der Waals surface area (Å²) in [4.78, 5) is 12.1. The summed E-state index contributed by atoms with van der Waals surface area (Å²) < 4.78 is 7.27. The first-order chi connectivity index (χ1) is 10.3. The van der Waals surface area contributed by atoms with E-state index in [2.05, 4.69) is 15.7 Å². The fourth-order valence-electron chi connectivity index (χ4n) is 2.59. The van der Waals surface area contributed by atoms with Gasteiger partial charge in [0, 0.05) is 36.6 Å². The number of rotatable bonds is 4. The number of hydrogen-bond donors (Lipinski definition) is 2. The molecule has 0 radical (unpaired) electrons. The molecular weight excluding hydrogens is 304 g/mol. The molecule has 0 bridgehead atoms. The van der Waals surface area contributed by atoms with Crippen LogP contribution in [0.5, 0.6) is 0 Å². The normalized spacial score (nSPS) is 18.0. The molecule has 1 amide bonds. The van der Waals surface area contributed by atoms with Crippen LogP contribution in [0.4, 0.5) is 5.69 Å². The van der Waals surface area contributed by atoms with E-state index in [-0.39, 0.29) is 24.4 Å². The van der Waals surface area contributed by atoms with E-state index in [9.17, 15) is 4.79 Å². The Hall–Kier alpha value is -1.63. The summed E-state index contributed by atoms with van der Waals surface area (Å²) in [5, 5.41) is 11.6. The zero-order chi connectivity index (χ0) is 14.7. The summed E-state index contributed by atoms with van der Waals surface area (Å²) in [6, 6.07) is 5.96. The fraction of sp³-hybridized carbons (Fsp3) is 0.467. The van der Waals surface area contributed by atoms with Gasteiger partial charge >= 0.3 is 0 Å². The number of morpholine rings is 1. The molecule has 0 aliphatic carbocycles. The van der Waals surface area contributed by atoms with E-state index in [1.54, 1.807) is 0 Å². The van der Waals surface area contributed by atoms with Gasteiger partial charge in [0.15, 0.2) is 0 Å². The smallest absolute Gasteiger partial charge is 0.226 e. The molecule has 22 heavy (non-hydrogen) atoms. The highest BCUT2D eigenvalue weighted by Crippen LogP contribution is 2.19. The van der Waals surface area contributed by atoms with Crippen molar-refractivity contribution >= 4 is 34.9 Å². The number of nitrogens with zero attached hydrogens (tertiary/aromatic N) is 2. The van der Waals surface area contributed by atoms with Gasteiger partial charge in [-0.3, -0.25) is 9.48 Å². The largest absolute Gasteiger partial charge is 0.378 e. The van der Waals surface area contributed by atoms with E-state index in [1.165, 1.54) is 0 Å². The molecule has 7 heteroatoms. The number of benzene rings is 1. The molecule has 1 aromatic heterocycles. The number of aryl methyl sites for hydroxylation is 1. The molecule has 0 spiro atoms. The lowest BCUT2D eigenvalue weighted by atomic mass is 10.2. The third kappa shape index (κ3) is 3.76. The van der Waals surface area contributed by atoms with Crippen molar-refractivity contribution in [2.45, 2.75) is 25.9 Å². The molecule has 1 atom stereocenters.